The molecule has 1 rings (SSSR count). The van der Waals surface area contributed by atoms with Crippen molar-refractivity contribution < 1.29 is 4.79 Å². The molecule has 1 aliphatic rings. The second-order valence-corrected chi connectivity index (χ2v) is 5.82. The number of amides is 1. The quantitative estimate of drug-likeness (QED) is 0.406. The van der Waals surface area contributed by atoms with E-state index in [4.69, 9.17) is 5.84 Å². The Morgan fingerprint density at radius 3 is 2.44 bits per heavy atom. The van der Waals surface area contributed by atoms with E-state index in [-0.39, 0.29) is 5.91 Å². The highest BCUT2D eigenvalue weighted by molar-refractivity contribution is 5.81. The molecule has 94 valence electrons. The lowest BCUT2D eigenvalue weighted by Crippen LogP contribution is -2.49. The predicted octanol–water partition coefficient (Wildman–Crippen LogP) is 1.12. The van der Waals surface area contributed by atoms with Gasteiger partial charge in [0.2, 0.25) is 5.91 Å². The van der Waals surface area contributed by atoms with Gasteiger partial charge in [0.1, 0.15) is 0 Å². The van der Waals surface area contributed by atoms with Crippen LogP contribution >= 0.6 is 0 Å². The fraction of sp³-hybridized carbons (Fsp3) is 0.917. The van der Waals surface area contributed by atoms with Gasteiger partial charge in [-0.15, -0.1) is 0 Å². The summed E-state index contributed by atoms with van der Waals surface area (Å²) in [4.78, 5) is 14.0. The zero-order valence-corrected chi connectivity index (χ0v) is 10.9. The number of hydrogen-bond donors (Lipinski definition) is 2. The molecule has 1 aliphatic carbocycles. The lowest BCUT2D eigenvalue weighted by molar-refractivity contribution is -0.130. The second-order valence-electron chi connectivity index (χ2n) is 5.82. The van der Waals surface area contributed by atoms with Gasteiger partial charge < -0.3 is 0 Å². The minimum Gasteiger partial charge on any atom is -0.300 e. The van der Waals surface area contributed by atoms with Crippen LogP contribution in [-0.4, -0.2) is 29.9 Å². The van der Waals surface area contributed by atoms with Gasteiger partial charge in [0.25, 0.3) is 0 Å². The zero-order valence-electron chi connectivity index (χ0n) is 10.9. The normalized spacial score (nSPS) is 16.9. The number of nitrogens with one attached hydrogen (secondary N) is 1. The van der Waals surface area contributed by atoms with Crippen LogP contribution < -0.4 is 11.3 Å². The van der Waals surface area contributed by atoms with Gasteiger partial charge in [0, 0.05) is 19.1 Å². The molecule has 0 aliphatic heterocycles. The molecule has 0 atom stereocenters. The Bertz CT molecular complexity index is 247. The number of nitrogens with zero attached hydrogens (tertiary/aromatic N) is 1. The maximum atomic E-state index is 11.6. The Labute approximate surface area is 98.5 Å². The first-order valence-electron chi connectivity index (χ1n) is 6.12. The number of hydrazine groups is 1. The van der Waals surface area contributed by atoms with E-state index >= 15 is 0 Å². The van der Waals surface area contributed by atoms with Gasteiger partial charge in [0.15, 0.2) is 0 Å². The van der Waals surface area contributed by atoms with Crippen LogP contribution in [0.15, 0.2) is 0 Å². The third-order valence-corrected chi connectivity index (χ3v) is 3.26. The summed E-state index contributed by atoms with van der Waals surface area (Å²) in [5, 5.41) is 0. The summed E-state index contributed by atoms with van der Waals surface area (Å²) in [5.41, 5.74) is 1.83. The minimum atomic E-state index is -0.423. The van der Waals surface area contributed by atoms with Crippen molar-refractivity contribution in [2.75, 3.05) is 13.1 Å². The fourth-order valence-electron chi connectivity index (χ4n) is 1.86. The van der Waals surface area contributed by atoms with E-state index < -0.39 is 5.41 Å². The van der Waals surface area contributed by atoms with Gasteiger partial charge in [-0.1, -0.05) is 0 Å². The molecule has 0 unspecified atom stereocenters. The van der Waals surface area contributed by atoms with E-state index in [0.717, 1.165) is 19.0 Å². The predicted molar refractivity (Wildman–Crippen MR) is 65.5 cm³/mol. The summed E-state index contributed by atoms with van der Waals surface area (Å²) in [5.74, 6) is 5.96. The molecule has 1 saturated carbocycles. The van der Waals surface area contributed by atoms with Crippen LogP contribution in [0.5, 0.6) is 0 Å². The molecular weight excluding hydrogens is 202 g/mol. The van der Waals surface area contributed by atoms with Gasteiger partial charge in [-0.3, -0.25) is 15.1 Å². The van der Waals surface area contributed by atoms with Crippen LogP contribution in [-0.2, 0) is 4.79 Å². The van der Waals surface area contributed by atoms with Crippen molar-refractivity contribution in [1.82, 2.24) is 10.3 Å². The zero-order chi connectivity index (χ0) is 12.3. The third-order valence-electron chi connectivity index (χ3n) is 3.26. The molecule has 3 N–H and O–H groups in total. The lowest BCUT2D eigenvalue weighted by atomic mass is 9.91. The van der Waals surface area contributed by atoms with E-state index in [1.165, 1.54) is 12.8 Å². The Morgan fingerprint density at radius 2 is 2.06 bits per heavy atom. The molecule has 1 amide bonds. The largest absolute Gasteiger partial charge is 0.300 e. The number of rotatable bonds is 6. The Hall–Kier alpha value is -0.610. The van der Waals surface area contributed by atoms with Crippen LogP contribution in [0.2, 0.25) is 0 Å². The van der Waals surface area contributed by atoms with Gasteiger partial charge in [-0.25, -0.2) is 5.84 Å². The van der Waals surface area contributed by atoms with Gasteiger partial charge in [0.05, 0.1) is 5.41 Å². The average Bonchev–Trinajstić information content (AvgIpc) is 2.98. The smallest absolute Gasteiger partial charge is 0.240 e. The van der Waals surface area contributed by atoms with Gasteiger partial charge in [-0.2, -0.15) is 0 Å². The van der Waals surface area contributed by atoms with Crippen LogP contribution in [0.3, 0.4) is 0 Å². The van der Waals surface area contributed by atoms with E-state index in [2.05, 4.69) is 24.2 Å². The van der Waals surface area contributed by atoms with E-state index in [0.29, 0.717) is 6.04 Å². The number of carbonyl (C=O) groups is 1. The average molecular weight is 227 g/mol. The van der Waals surface area contributed by atoms with Crippen LogP contribution in [0, 0.1) is 11.3 Å². The minimum absolute atomic E-state index is 0.0889. The summed E-state index contributed by atoms with van der Waals surface area (Å²) in [6, 6.07) is 0.477. The maximum Gasteiger partial charge on any atom is 0.240 e. The maximum absolute atomic E-state index is 11.6. The van der Waals surface area contributed by atoms with Crippen LogP contribution in [0.25, 0.3) is 0 Å². The van der Waals surface area contributed by atoms with Crippen molar-refractivity contribution >= 4 is 5.91 Å². The monoisotopic (exact) mass is 227 g/mol. The molecule has 4 heteroatoms. The highest BCUT2D eigenvalue weighted by Gasteiger charge is 2.33. The molecule has 1 fully saturated rings. The number of hydrogen-bond acceptors (Lipinski definition) is 3. The van der Waals surface area contributed by atoms with E-state index in [1.54, 1.807) is 0 Å². The molecule has 0 aromatic rings. The molecule has 0 aromatic carbocycles. The molecular formula is C12H25N3O. The van der Waals surface area contributed by atoms with Crippen LogP contribution in [0.4, 0.5) is 0 Å². The van der Waals surface area contributed by atoms with Crippen molar-refractivity contribution in [2.45, 2.75) is 46.6 Å². The van der Waals surface area contributed by atoms with Gasteiger partial charge >= 0.3 is 0 Å². The summed E-state index contributed by atoms with van der Waals surface area (Å²) < 4.78 is 0. The molecule has 16 heavy (non-hydrogen) atoms. The molecule has 0 bridgehead atoms. The SMILES string of the molecule is CC(C)N(CC1CC1)CC(C)(C)C(=O)NN. The summed E-state index contributed by atoms with van der Waals surface area (Å²) in [6.07, 6.45) is 2.68. The van der Waals surface area contributed by atoms with Crippen molar-refractivity contribution in [2.24, 2.45) is 17.2 Å². The standard InChI is InChI=1S/C12H25N3O/c1-9(2)15(7-10-5-6-10)8-12(3,4)11(16)14-13/h9-10H,5-8,13H2,1-4H3,(H,14,16). The summed E-state index contributed by atoms with van der Waals surface area (Å²) in [7, 11) is 0. The van der Waals surface area contributed by atoms with Crippen LogP contribution in [0.1, 0.15) is 40.5 Å². The Balaban J connectivity index is 2.54. The molecule has 4 nitrogen and oxygen atoms in total. The van der Waals surface area contributed by atoms with Crippen molar-refractivity contribution in [1.29, 1.82) is 0 Å². The highest BCUT2D eigenvalue weighted by Crippen LogP contribution is 2.31. The first kappa shape index (κ1) is 13.5. The number of nitrogens with two attached hydrogens (primary N) is 1. The Morgan fingerprint density at radius 1 is 1.50 bits per heavy atom. The third kappa shape index (κ3) is 3.76. The van der Waals surface area contributed by atoms with Crippen molar-refractivity contribution in [3.8, 4) is 0 Å². The van der Waals surface area contributed by atoms with E-state index in [9.17, 15) is 4.79 Å². The molecule has 0 heterocycles. The summed E-state index contributed by atoms with van der Waals surface area (Å²) >= 11 is 0. The number of carbonyl (C=O) groups excluding carboxylic acids is 1. The molecule has 0 radical (unpaired) electrons. The first-order chi connectivity index (χ1) is 7.36. The Kier molecular flexibility index (Phi) is 4.33. The molecule has 0 aromatic heterocycles. The van der Waals surface area contributed by atoms with E-state index in [1.807, 2.05) is 13.8 Å². The van der Waals surface area contributed by atoms with Crippen molar-refractivity contribution in [3.63, 3.8) is 0 Å². The van der Waals surface area contributed by atoms with Gasteiger partial charge in [-0.05, 0) is 46.5 Å². The summed E-state index contributed by atoms with van der Waals surface area (Å²) in [6.45, 7) is 10.1. The fourth-order valence-corrected chi connectivity index (χ4v) is 1.86. The van der Waals surface area contributed by atoms with Crippen molar-refractivity contribution in [3.05, 3.63) is 0 Å². The lowest BCUT2D eigenvalue weighted by Gasteiger charge is -2.34. The molecule has 0 spiro atoms. The second kappa shape index (κ2) is 5.15. The first-order valence-corrected chi connectivity index (χ1v) is 6.12. The topological polar surface area (TPSA) is 58.4 Å². The highest BCUT2D eigenvalue weighted by atomic mass is 16.2. The molecule has 0 saturated heterocycles.